The molecule has 1 fully saturated rings. The van der Waals surface area contributed by atoms with Gasteiger partial charge in [0.25, 0.3) is 5.91 Å². The van der Waals surface area contributed by atoms with Gasteiger partial charge in [-0.1, -0.05) is 29.3 Å². The fourth-order valence-electron chi connectivity index (χ4n) is 3.67. The number of benzene rings is 2. The Morgan fingerprint density at radius 1 is 1.06 bits per heavy atom. The highest BCUT2D eigenvalue weighted by atomic mass is 35.5. The molecule has 0 unspecified atom stereocenters. The summed E-state index contributed by atoms with van der Waals surface area (Å²) in [5.41, 5.74) is 2.30. The molecule has 5 rings (SSSR count). The maximum absolute atomic E-state index is 13.0. The molecular weight excluding hydrogens is 467 g/mol. The average Bonchev–Trinajstić information content (AvgIpc) is 2.81. The number of carbonyl (C=O) groups is 2. The van der Waals surface area contributed by atoms with Gasteiger partial charge < -0.3 is 20.3 Å². The molecule has 11 heteroatoms. The number of carbonyl (C=O) groups excluding carboxylic acids is 2. The minimum absolute atomic E-state index is 0.0100. The lowest BCUT2D eigenvalue weighted by Gasteiger charge is -2.29. The zero-order chi connectivity index (χ0) is 22.9. The molecule has 0 aliphatic carbocycles. The maximum Gasteiger partial charge on any atom is 0.268 e. The third-order valence-electron chi connectivity index (χ3n) is 5.29. The van der Waals surface area contributed by atoms with Crippen LogP contribution in [0.3, 0.4) is 0 Å². The molecule has 2 amide bonds. The molecule has 1 saturated heterocycles. The van der Waals surface area contributed by atoms with Crippen molar-refractivity contribution in [3.05, 3.63) is 64.3 Å². The molecule has 9 nitrogen and oxygen atoms in total. The van der Waals surface area contributed by atoms with E-state index in [0.717, 1.165) is 17.9 Å². The Bertz CT molecular complexity index is 1220. The molecule has 0 atom stereocenters. The molecule has 2 aromatic carbocycles. The summed E-state index contributed by atoms with van der Waals surface area (Å²) in [4.78, 5) is 36.5. The number of ether oxygens (including phenoxy) is 1. The zero-order valence-corrected chi connectivity index (χ0v) is 18.7. The van der Waals surface area contributed by atoms with Gasteiger partial charge in [-0.15, -0.1) is 0 Å². The zero-order valence-electron chi connectivity index (χ0n) is 17.2. The van der Waals surface area contributed by atoms with Crippen LogP contribution in [0.5, 0.6) is 5.88 Å². The van der Waals surface area contributed by atoms with Crippen molar-refractivity contribution in [3.63, 3.8) is 0 Å². The highest BCUT2D eigenvalue weighted by Gasteiger charge is 2.31. The van der Waals surface area contributed by atoms with Crippen LogP contribution >= 0.6 is 23.2 Å². The van der Waals surface area contributed by atoms with Crippen LogP contribution in [0.4, 0.5) is 23.0 Å². The summed E-state index contributed by atoms with van der Waals surface area (Å²) in [6.45, 7) is 1.64. The molecule has 0 saturated carbocycles. The Labute approximate surface area is 199 Å². The number of nitrogens with zero attached hydrogens (tertiary/aromatic N) is 4. The number of halogens is 2. The fourth-order valence-corrected chi connectivity index (χ4v) is 4.27. The fraction of sp³-hybridized carbons (Fsp3) is 0.182. The van der Waals surface area contributed by atoms with Gasteiger partial charge in [0.05, 0.1) is 22.3 Å². The molecule has 0 radical (unpaired) electrons. The molecule has 2 N–H and O–H groups in total. The standard InChI is InChI=1S/C22H18Cl2N6O3/c23-16-2-1-3-17(24)19(16)30-12-33-20-15(21(30)32)10-26-22(28-20)27-13-4-6-14(7-5-13)29-9-8-25-18(31)11-29/h1-7,10H,8-9,11-12H2,(H,25,31)(H,26,27,28). The SMILES string of the molecule is O=C1CN(c2ccc(Nc3ncc4c(n3)OCN(c3c(Cl)cccc3Cl)C4=O)cc2)CCN1. The predicted molar refractivity (Wildman–Crippen MR) is 126 cm³/mol. The first-order chi connectivity index (χ1) is 16.0. The van der Waals surface area contributed by atoms with E-state index in [1.165, 1.54) is 11.1 Å². The summed E-state index contributed by atoms with van der Waals surface area (Å²) in [6.07, 6.45) is 1.41. The van der Waals surface area contributed by atoms with Crippen LogP contribution in [-0.4, -0.2) is 48.1 Å². The van der Waals surface area contributed by atoms with Gasteiger partial charge in [-0.2, -0.15) is 4.98 Å². The van der Waals surface area contributed by atoms with Crippen molar-refractivity contribution < 1.29 is 14.3 Å². The second-order valence-electron chi connectivity index (χ2n) is 7.43. The molecule has 168 valence electrons. The van der Waals surface area contributed by atoms with Crippen molar-refractivity contribution in [2.45, 2.75) is 0 Å². The monoisotopic (exact) mass is 484 g/mol. The number of para-hydroxylation sites is 1. The minimum atomic E-state index is -0.354. The van der Waals surface area contributed by atoms with Gasteiger partial charge >= 0.3 is 0 Å². The second-order valence-corrected chi connectivity index (χ2v) is 8.25. The van der Waals surface area contributed by atoms with Crippen molar-refractivity contribution in [2.75, 3.05) is 41.5 Å². The van der Waals surface area contributed by atoms with Gasteiger partial charge in [-0.25, -0.2) is 4.98 Å². The summed E-state index contributed by atoms with van der Waals surface area (Å²) in [5.74, 6) is 0.118. The number of hydrogen-bond acceptors (Lipinski definition) is 7. The van der Waals surface area contributed by atoms with Gasteiger partial charge in [0, 0.05) is 30.7 Å². The Kier molecular flexibility index (Phi) is 5.65. The highest BCUT2D eigenvalue weighted by molar-refractivity contribution is 6.40. The Hall–Kier alpha value is -3.56. The van der Waals surface area contributed by atoms with E-state index in [0.29, 0.717) is 28.8 Å². The molecule has 2 aliphatic heterocycles. The van der Waals surface area contributed by atoms with Gasteiger partial charge in [0.2, 0.25) is 17.7 Å². The number of hydrogen-bond donors (Lipinski definition) is 2. The topological polar surface area (TPSA) is 99.7 Å². The highest BCUT2D eigenvalue weighted by Crippen LogP contribution is 2.37. The number of rotatable bonds is 4. The van der Waals surface area contributed by atoms with E-state index < -0.39 is 0 Å². The average molecular weight is 485 g/mol. The second kappa shape index (κ2) is 8.76. The lowest BCUT2D eigenvalue weighted by atomic mass is 10.2. The van der Waals surface area contributed by atoms with E-state index >= 15 is 0 Å². The first-order valence-corrected chi connectivity index (χ1v) is 10.9. The summed E-state index contributed by atoms with van der Waals surface area (Å²) in [5, 5.41) is 6.60. The van der Waals surface area contributed by atoms with E-state index in [2.05, 4.69) is 20.6 Å². The summed E-state index contributed by atoms with van der Waals surface area (Å²) in [6, 6.07) is 12.6. The number of piperazine rings is 1. The number of fused-ring (bicyclic) bond motifs is 1. The van der Waals surface area contributed by atoms with Crippen molar-refractivity contribution in [1.82, 2.24) is 15.3 Å². The van der Waals surface area contributed by atoms with Crippen LogP contribution in [-0.2, 0) is 4.79 Å². The quantitative estimate of drug-likeness (QED) is 0.584. The van der Waals surface area contributed by atoms with Crippen LogP contribution in [0.25, 0.3) is 0 Å². The predicted octanol–water partition coefficient (Wildman–Crippen LogP) is 3.46. The van der Waals surface area contributed by atoms with Crippen LogP contribution in [0.2, 0.25) is 10.0 Å². The maximum atomic E-state index is 13.0. The lowest BCUT2D eigenvalue weighted by molar-refractivity contribution is -0.120. The molecule has 2 aliphatic rings. The summed E-state index contributed by atoms with van der Waals surface area (Å²) in [7, 11) is 0. The minimum Gasteiger partial charge on any atom is -0.455 e. The van der Waals surface area contributed by atoms with Crippen molar-refractivity contribution >= 4 is 58.0 Å². The van der Waals surface area contributed by atoms with E-state index in [1.54, 1.807) is 18.2 Å². The van der Waals surface area contributed by atoms with Gasteiger partial charge in [0.15, 0.2) is 6.73 Å². The smallest absolute Gasteiger partial charge is 0.268 e. The lowest BCUT2D eigenvalue weighted by Crippen LogP contribution is -2.47. The third-order valence-corrected chi connectivity index (χ3v) is 5.90. The van der Waals surface area contributed by atoms with Crippen LogP contribution in [0.1, 0.15) is 10.4 Å². The van der Waals surface area contributed by atoms with E-state index in [1.807, 2.05) is 29.2 Å². The third kappa shape index (κ3) is 4.24. The van der Waals surface area contributed by atoms with E-state index in [-0.39, 0.29) is 35.9 Å². The molecule has 3 heterocycles. The Morgan fingerprint density at radius 2 is 1.82 bits per heavy atom. The first-order valence-electron chi connectivity index (χ1n) is 10.1. The summed E-state index contributed by atoms with van der Waals surface area (Å²) >= 11 is 12.5. The van der Waals surface area contributed by atoms with Crippen molar-refractivity contribution in [1.29, 1.82) is 0 Å². The van der Waals surface area contributed by atoms with Crippen LogP contribution in [0, 0.1) is 0 Å². The molecule has 33 heavy (non-hydrogen) atoms. The summed E-state index contributed by atoms with van der Waals surface area (Å²) < 4.78 is 5.71. The molecule has 0 spiro atoms. The number of anilines is 4. The van der Waals surface area contributed by atoms with E-state index in [9.17, 15) is 9.59 Å². The van der Waals surface area contributed by atoms with E-state index in [4.69, 9.17) is 27.9 Å². The van der Waals surface area contributed by atoms with Crippen LogP contribution < -0.4 is 25.2 Å². The number of aromatic nitrogens is 2. The van der Waals surface area contributed by atoms with Gasteiger partial charge in [0.1, 0.15) is 5.56 Å². The molecule has 3 aromatic rings. The molecule has 0 bridgehead atoms. The van der Waals surface area contributed by atoms with Crippen LogP contribution in [0.15, 0.2) is 48.7 Å². The van der Waals surface area contributed by atoms with Gasteiger partial charge in [-0.05, 0) is 36.4 Å². The largest absolute Gasteiger partial charge is 0.455 e. The Balaban J connectivity index is 1.32. The van der Waals surface area contributed by atoms with Crippen molar-refractivity contribution in [3.8, 4) is 5.88 Å². The van der Waals surface area contributed by atoms with Gasteiger partial charge in [-0.3, -0.25) is 14.5 Å². The number of amides is 2. The normalized spacial score (nSPS) is 15.6. The molecule has 1 aromatic heterocycles. The first kappa shape index (κ1) is 21.3. The molecular formula is C22H18Cl2N6O3. The number of nitrogens with one attached hydrogen (secondary N) is 2. The van der Waals surface area contributed by atoms with Crippen molar-refractivity contribution in [2.24, 2.45) is 0 Å². The Morgan fingerprint density at radius 3 is 2.55 bits per heavy atom.